The van der Waals surface area contributed by atoms with Crippen molar-refractivity contribution in [3.8, 4) is 11.5 Å². The van der Waals surface area contributed by atoms with Gasteiger partial charge in [0.25, 0.3) is 0 Å². The van der Waals surface area contributed by atoms with Crippen LogP contribution < -0.4 is 9.47 Å². The Morgan fingerprint density at radius 2 is 1.71 bits per heavy atom. The van der Waals surface area contributed by atoms with Crippen LogP contribution in [0.5, 0.6) is 11.5 Å². The third-order valence-electron chi connectivity index (χ3n) is 3.24. The van der Waals surface area contributed by atoms with E-state index in [1.807, 2.05) is 36.4 Å². The maximum absolute atomic E-state index is 6.58. The van der Waals surface area contributed by atoms with E-state index in [9.17, 15) is 0 Å². The Kier molecular flexibility index (Phi) is 4.63. The Morgan fingerprint density at radius 1 is 0.952 bits per heavy atom. The second-order valence-electron chi connectivity index (χ2n) is 4.82. The third-order valence-corrected chi connectivity index (χ3v) is 4.42. The molecule has 0 radical (unpaired) electrons. The van der Waals surface area contributed by atoms with Crippen LogP contribution in [0.25, 0.3) is 0 Å². The van der Waals surface area contributed by atoms with Crippen molar-refractivity contribution in [2.45, 2.75) is 11.8 Å². The summed E-state index contributed by atoms with van der Waals surface area (Å²) in [5, 5.41) is 0.358. The lowest BCUT2D eigenvalue weighted by Gasteiger charge is -2.14. The smallest absolute Gasteiger partial charge is 0.161 e. The quantitative estimate of drug-likeness (QED) is 0.625. The number of benzene rings is 2. The first kappa shape index (κ1) is 15.0. The molecule has 21 heavy (non-hydrogen) atoms. The molecule has 5 heteroatoms. The zero-order valence-corrected chi connectivity index (χ0v) is 14.2. The van der Waals surface area contributed by atoms with Crippen molar-refractivity contribution in [2.75, 3.05) is 13.2 Å². The van der Waals surface area contributed by atoms with E-state index in [1.54, 1.807) is 0 Å². The van der Waals surface area contributed by atoms with Gasteiger partial charge in [0, 0.05) is 15.9 Å². The van der Waals surface area contributed by atoms with Gasteiger partial charge in [-0.15, -0.1) is 11.6 Å². The SMILES string of the molecule is Clc1cc(Br)cc(C(Cl)c2ccc3c(c2)OCCCO3)c1. The van der Waals surface area contributed by atoms with Crippen LogP contribution in [0.3, 0.4) is 0 Å². The first-order chi connectivity index (χ1) is 10.1. The van der Waals surface area contributed by atoms with Crippen LogP contribution in [0, 0.1) is 0 Å². The summed E-state index contributed by atoms with van der Waals surface area (Å²) in [4.78, 5) is 0. The van der Waals surface area contributed by atoms with Crippen molar-refractivity contribution in [3.05, 3.63) is 57.0 Å². The molecule has 2 aromatic carbocycles. The fourth-order valence-corrected chi connectivity index (χ4v) is 3.40. The summed E-state index contributed by atoms with van der Waals surface area (Å²) in [7, 11) is 0. The fourth-order valence-electron chi connectivity index (χ4n) is 2.25. The Labute approximate surface area is 142 Å². The third kappa shape index (κ3) is 3.47. The van der Waals surface area contributed by atoms with Crippen molar-refractivity contribution in [3.63, 3.8) is 0 Å². The summed E-state index contributed by atoms with van der Waals surface area (Å²) >= 11 is 16.1. The molecule has 0 saturated carbocycles. The molecule has 0 N–H and O–H groups in total. The topological polar surface area (TPSA) is 18.5 Å². The number of rotatable bonds is 2. The first-order valence-electron chi connectivity index (χ1n) is 6.63. The highest BCUT2D eigenvalue weighted by molar-refractivity contribution is 9.10. The number of halogens is 3. The summed E-state index contributed by atoms with van der Waals surface area (Å²) in [5.41, 5.74) is 1.89. The fraction of sp³-hybridized carbons (Fsp3) is 0.250. The van der Waals surface area contributed by atoms with Gasteiger partial charge in [-0.25, -0.2) is 0 Å². The molecule has 0 amide bonds. The summed E-state index contributed by atoms with van der Waals surface area (Å²) in [5.74, 6) is 1.52. The molecule has 3 rings (SSSR count). The summed E-state index contributed by atoms with van der Waals surface area (Å²) in [6.45, 7) is 1.34. The number of fused-ring (bicyclic) bond motifs is 1. The molecule has 0 aliphatic carbocycles. The van der Waals surface area contributed by atoms with Gasteiger partial charge in [0.05, 0.1) is 18.6 Å². The lowest BCUT2D eigenvalue weighted by atomic mass is 10.0. The van der Waals surface area contributed by atoms with E-state index in [0.717, 1.165) is 33.5 Å². The second kappa shape index (κ2) is 6.47. The van der Waals surface area contributed by atoms with E-state index < -0.39 is 0 Å². The van der Waals surface area contributed by atoms with Crippen LogP contribution in [-0.4, -0.2) is 13.2 Å². The largest absolute Gasteiger partial charge is 0.490 e. The molecule has 2 aromatic rings. The van der Waals surface area contributed by atoms with Crippen LogP contribution in [-0.2, 0) is 0 Å². The molecule has 0 fully saturated rings. The molecular weight excluding hydrogens is 375 g/mol. The standard InChI is InChI=1S/C16H13BrCl2O2/c17-12-6-11(7-13(18)9-12)16(19)10-2-3-14-15(8-10)21-5-1-4-20-14/h2-3,6-9,16H,1,4-5H2. The Hall–Kier alpha value is -0.900. The van der Waals surface area contributed by atoms with Crippen molar-refractivity contribution in [2.24, 2.45) is 0 Å². The highest BCUT2D eigenvalue weighted by Crippen LogP contribution is 2.37. The monoisotopic (exact) mass is 386 g/mol. The second-order valence-corrected chi connectivity index (χ2v) is 6.61. The maximum Gasteiger partial charge on any atom is 0.161 e. The molecule has 0 saturated heterocycles. The molecule has 1 atom stereocenters. The Morgan fingerprint density at radius 3 is 2.48 bits per heavy atom. The van der Waals surface area contributed by atoms with Crippen LogP contribution in [0.4, 0.5) is 0 Å². The molecule has 1 unspecified atom stereocenters. The minimum absolute atomic E-state index is 0.294. The van der Waals surface area contributed by atoms with Crippen molar-refractivity contribution in [1.29, 1.82) is 0 Å². The molecule has 0 aromatic heterocycles. The Balaban J connectivity index is 1.94. The number of hydrogen-bond donors (Lipinski definition) is 0. The van der Waals surface area contributed by atoms with E-state index >= 15 is 0 Å². The zero-order chi connectivity index (χ0) is 14.8. The number of ether oxygens (including phenoxy) is 2. The average molecular weight is 388 g/mol. The average Bonchev–Trinajstić information content (AvgIpc) is 2.69. The highest BCUT2D eigenvalue weighted by Gasteiger charge is 2.17. The minimum Gasteiger partial charge on any atom is -0.490 e. The molecule has 110 valence electrons. The van der Waals surface area contributed by atoms with E-state index in [4.69, 9.17) is 32.7 Å². The van der Waals surface area contributed by atoms with E-state index in [1.165, 1.54) is 0 Å². The molecule has 2 nitrogen and oxygen atoms in total. The van der Waals surface area contributed by atoms with E-state index in [0.29, 0.717) is 18.2 Å². The van der Waals surface area contributed by atoms with Gasteiger partial charge in [-0.3, -0.25) is 0 Å². The van der Waals surface area contributed by atoms with Crippen LogP contribution >= 0.6 is 39.1 Å². The number of alkyl halides is 1. The van der Waals surface area contributed by atoms with Crippen molar-refractivity contribution >= 4 is 39.1 Å². The lowest BCUT2D eigenvalue weighted by Crippen LogP contribution is -1.97. The van der Waals surface area contributed by atoms with Gasteiger partial charge in [-0.1, -0.05) is 33.6 Å². The van der Waals surface area contributed by atoms with Gasteiger partial charge in [-0.2, -0.15) is 0 Å². The van der Waals surface area contributed by atoms with E-state index in [-0.39, 0.29) is 5.38 Å². The Bertz CT molecular complexity index is 640. The van der Waals surface area contributed by atoms with Crippen LogP contribution in [0.2, 0.25) is 5.02 Å². The molecule has 1 aliphatic rings. The van der Waals surface area contributed by atoms with Crippen LogP contribution in [0.15, 0.2) is 40.9 Å². The van der Waals surface area contributed by atoms with Gasteiger partial charge >= 0.3 is 0 Å². The summed E-state index contributed by atoms with van der Waals surface area (Å²) < 4.78 is 12.2. The number of hydrogen-bond acceptors (Lipinski definition) is 2. The zero-order valence-electron chi connectivity index (χ0n) is 11.1. The first-order valence-corrected chi connectivity index (χ1v) is 8.24. The minimum atomic E-state index is -0.294. The highest BCUT2D eigenvalue weighted by atomic mass is 79.9. The molecular formula is C16H13BrCl2O2. The molecule has 1 heterocycles. The summed E-state index contributed by atoms with van der Waals surface area (Å²) in [6.07, 6.45) is 0.884. The summed E-state index contributed by atoms with van der Waals surface area (Å²) in [6, 6.07) is 11.5. The van der Waals surface area contributed by atoms with Gasteiger partial charge in [0.1, 0.15) is 0 Å². The predicted octanol–water partition coefficient (Wildman–Crippen LogP) is 5.59. The van der Waals surface area contributed by atoms with Crippen molar-refractivity contribution < 1.29 is 9.47 Å². The maximum atomic E-state index is 6.58. The normalized spacial score (nSPS) is 15.4. The van der Waals surface area contributed by atoms with Crippen LogP contribution in [0.1, 0.15) is 22.9 Å². The van der Waals surface area contributed by atoms with Crippen molar-refractivity contribution in [1.82, 2.24) is 0 Å². The lowest BCUT2D eigenvalue weighted by molar-refractivity contribution is 0.297. The van der Waals surface area contributed by atoms with Gasteiger partial charge in [0.2, 0.25) is 0 Å². The van der Waals surface area contributed by atoms with Gasteiger partial charge < -0.3 is 9.47 Å². The van der Waals surface area contributed by atoms with E-state index in [2.05, 4.69) is 15.9 Å². The molecule has 0 bridgehead atoms. The molecule has 1 aliphatic heterocycles. The molecule has 0 spiro atoms. The predicted molar refractivity (Wildman–Crippen MR) is 88.9 cm³/mol. The van der Waals surface area contributed by atoms with Gasteiger partial charge in [-0.05, 0) is 41.5 Å². The van der Waals surface area contributed by atoms with Gasteiger partial charge in [0.15, 0.2) is 11.5 Å².